The van der Waals surface area contributed by atoms with Crippen LogP contribution in [0, 0.1) is 18.6 Å². The number of hydrogen-bond acceptors (Lipinski definition) is 1. The summed E-state index contributed by atoms with van der Waals surface area (Å²) >= 11 is 8.76. The fourth-order valence-electron chi connectivity index (χ4n) is 1.65. The second-order valence-corrected chi connectivity index (χ2v) is 5.27. The predicted molar refractivity (Wildman–Crippen MR) is 73.7 cm³/mol. The van der Waals surface area contributed by atoms with Gasteiger partial charge in [-0.05, 0) is 52.7 Å². The minimum absolute atomic E-state index is 0.178. The lowest BCUT2D eigenvalue weighted by molar-refractivity contribution is 0.103. The van der Waals surface area contributed by atoms with Crippen molar-refractivity contribution in [2.45, 2.75) is 6.92 Å². The molecule has 0 N–H and O–H groups in total. The molecule has 0 spiro atoms. The van der Waals surface area contributed by atoms with Gasteiger partial charge in [0.15, 0.2) is 11.6 Å². The maximum Gasteiger partial charge on any atom is 0.198 e. The van der Waals surface area contributed by atoms with Gasteiger partial charge in [0.25, 0.3) is 0 Å². The Hall–Kier alpha value is -1.26. The molecule has 2 rings (SSSR count). The molecule has 2 aromatic rings. The van der Waals surface area contributed by atoms with Gasteiger partial charge in [0.05, 0.1) is 16.1 Å². The van der Waals surface area contributed by atoms with Crippen LogP contribution in [-0.2, 0) is 0 Å². The Morgan fingerprint density at radius 3 is 2.42 bits per heavy atom. The third kappa shape index (κ3) is 2.69. The van der Waals surface area contributed by atoms with Crippen molar-refractivity contribution in [3.8, 4) is 0 Å². The minimum atomic E-state index is -0.860. The smallest absolute Gasteiger partial charge is 0.198 e. The quantitative estimate of drug-likeness (QED) is 0.558. The van der Waals surface area contributed by atoms with E-state index < -0.39 is 17.4 Å². The molecule has 0 radical (unpaired) electrons. The molecular formula is C14H8BrClF2O. The van der Waals surface area contributed by atoms with Gasteiger partial charge in [-0.25, -0.2) is 8.78 Å². The molecule has 0 saturated carbocycles. The average molecular weight is 346 g/mol. The van der Waals surface area contributed by atoms with Crippen LogP contribution in [0.5, 0.6) is 0 Å². The molecule has 19 heavy (non-hydrogen) atoms. The van der Waals surface area contributed by atoms with E-state index in [-0.39, 0.29) is 16.1 Å². The number of halogens is 4. The first-order chi connectivity index (χ1) is 8.91. The zero-order valence-corrected chi connectivity index (χ0v) is 12.1. The SMILES string of the molecule is Cc1ccc(C(=O)c2ccc(Br)c(Cl)c2F)c(F)c1. The first kappa shape index (κ1) is 14.2. The summed E-state index contributed by atoms with van der Waals surface area (Å²) in [5.74, 6) is -2.27. The highest BCUT2D eigenvalue weighted by Crippen LogP contribution is 2.29. The maximum absolute atomic E-state index is 13.9. The van der Waals surface area contributed by atoms with E-state index in [9.17, 15) is 13.6 Å². The zero-order valence-electron chi connectivity index (χ0n) is 9.81. The molecule has 0 fully saturated rings. The first-order valence-electron chi connectivity index (χ1n) is 5.36. The van der Waals surface area contributed by atoms with Crippen molar-refractivity contribution in [3.63, 3.8) is 0 Å². The van der Waals surface area contributed by atoms with Gasteiger partial charge in [0.1, 0.15) is 5.82 Å². The number of benzene rings is 2. The zero-order chi connectivity index (χ0) is 14.2. The van der Waals surface area contributed by atoms with Crippen molar-refractivity contribution < 1.29 is 13.6 Å². The molecule has 0 heterocycles. The molecule has 1 nitrogen and oxygen atoms in total. The van der Waals surface area contributed by atoms with Crippen molar-refractivity contribution in [2.24, 2.45) is 0 Å². The fraction of sp³-hybridized carbons (Fsp3) is 0.0714. The molecular weight excluding hydrogens is 338 g/mol. The predicted octanol–water partition coefficient (Wildman–Crippen LogP) is 4.92. The van der Waals surface area contributed by atoms with E-state index in [2.05, 4.69) is 15.9 Å². The molecule has 0 aliphatic carbocycles. The van der Waals surface area contributed by atoms with Gasteiger partial charge in [-0.2, -0.15) is 0 Å². The van der Waals surface area contributed by atoms with Gasteiger partial charge in [0.2, 0.25) is 0 Å². The van der Waals surface area contributed by atoms with Crippen molar-refractivity contribution in [1.29, 1.82) is 0 Å². The van der Waals surface area contributed by atoms with E-state index in [1.807, 2.05) is 0 Å². The van der Waals surface area contributed by atoms with Gasteiger partial charge in [-0.3, -0.25) is 4.79 Å². The van der Waals surface area contributed by atoms with E-state index in [4.69, 9.17) is 11.6 Å². The van der Waals surface area contributed by atoms with Crippen molar-refractivity contribution in [2.75, 3.05) is 0 Å². The molecule has 0 unspecified atom stereocenters. The number of ketones is 1. The van der Waals surface area contributed by atoms with Crippen LogP contribution in [0.4, 0.5) is 8.78 Å². The number of aryl methyl sites for hydroxylation is 1. The Kier molecular flexibility index (Phi) is 4.02. The average Bonchev–Trinajstić information content (AvgIpc) is 2.35. The Bertz CT molecular complexity index is 671. The standard InChI is InChI=1S/C14H8BrClF2O/c1-7-2-3-8(11(17)6-7)14(19)9-4-5-10(15)12(16)13(9)18/h2-6H,1H3. The summed E-state index contributed by atoms with van der Waals surface area (Å²) in [6, 6.07) is 6.88. The van der Waals surface area contributed by atoms with Crippen LogP contribution in [0.2, 0.25) is 5.02 Å². The van der Waals surface area contributed by atoms with E-state index in [1.54, 1.807) is 13.0 Å². The molecule has 0 saturated heterocycles. The summed E-state index contributed by atoms with van der Waals surface area (Å²) in [4.78, 5) is 12.1. The molecule has 98 valence electrons. The van der Waals surface area contributed by atoms with Gasteiger partial charge in [-0.15, -0.1) is 0 Å². The molecule has 0 atom stereocenters. The van der Waals surface area contributed by atoms with Gasteiger partial charge < -0.3 is 0 Å². The van der Waals surface area contributed by atoms with E-state index in [1.165, 1.54) is 24.3 Å². The van der Waals surface area contributed by atoms with Crippen molar-refractivity contribution in [3.05, 3.63) is 68.2 Å². The number of carbonyl (C=O) groups excluding carboxylic acids is 1. The number of rotatable bonds is 2. The first-order valence-corrected chi connectivity index (χ1v) is 6.53. The van der Waals surface area contributed by atoms with Crippen molar-refractivity contribution in [1.82, 2.24) is 0 Å². The normalized spacial score (nSPS) is 10.6. The third-order valence-corrected chi connectivity index (χ3v) is 3.91. The van der Waals surface area contributed by atoms with Gasteiger partial charge in [0, 0.05) is 4.47 Å². The third-order valence-electron chi connectivity index (χ3n) is 2.65. The van der Waals surface area contributed by atoms with Crippen LogP contribution in [0.1, 0.15) is 21.5 Å². The lowest BCUT2D eigenvalue weighted by Gasteiger charge is -2.07. The summed E-state index contributed by atoms with van der Waals surface area (Å²) in [5, 5.41) is -0.196. The topological polar surface area (TPSA) is 17.1 Å². The van der Waals surface area contributed by atoms with Crippen LogP contribution in [0.15, 0.2) is 34.8 Å². The molecule has 0 bridgehead atoms. The highest BCUT2D eigenvalue weighted by atomic mass is 79.9. The van der Waals surface area contributed by atoms with Gasteiger partial charge in [-0.1, -0.05) is 17.7 Å². The molecule has 0 amide bonds. The summed E-state index contributed by atoms with van der Waals surface area (Å²) in [6.07, 6.45) is 0. The second-order valence-electron chi connectivity index (χ2n) is 4.04. The largest absolute Gasteiger partial charge is 0.288 e. The number of hydrogen-bond donors (Lipinski definition) is 0. The van der Waals surface area contributed by atoms with E-state index in [0.29, 0.717) is 10.0 Å². The molecule has 0 aliphatic heterocycles. The number of carbonyl (C=O) groups is 1. The maximum atomic E-state index is 13.9. The summed E-state index contributed by atoms with van der Waals surface area (Å²) in [5.41, 5.74) is 0.252. The Morgan fingerprint density at radius 2 is 1.79 bits per heavy atom. The summed E-state index contributed by atoms with van der Waals surface area (Å²) in [6.45, 7) is 1.70. The fourth-order valence-corrected chi connectivity index (χ4v) is 2.12. The highest BCUT2D eigenvalue weighted by Gasteiger charge is 2.20. The Morgan fingerprint density at radius 1 is 1.16 bits per heavy atom. The van der Waals surface area contributed by atoms with Crippen LogP contribution >= 0.6 is 27.5 Å². The highest BCUT2D eigenvalue weighted by molar-refractivity contribution is 9.10. The van der Waals surface area contributed by atoms with E-state index >= 15 is 0 Å². The lowest BCUT2D eigenvalue weighted by atomic mass is 10.0. The summed E-state index contributed by atoms with van der Waals surface area (Å²) < 4.78 is 28.0. The van der Waals surface area contributed by atoms with Crippen LogP contribution in [0.3, 0.4) is 0 Å². The lowest BCUT2D eigenvalue weighted by Crippen LogP contribution is -2.07. The molecule has 0 aliphatic rings. The van der Waals surface area contributed by atoms with Gasteiger partial charge >= 0.3 is 0 Å². The Balaban J connectivity index is 2.53. The summed E-state index contributed by atoms with van der Waals surface area (Å²) in [7, 11) is 0. The van der Waals surface area contributed by atoms with Crippen molar-refractivity contribution >= 4 is 33.3 Å². The molecule has 0 aromatic heterocycles. The molecule has 2 aromatic carbocycles. The van der Waals surface area contributed by atoms with Crippen LogP contribution in [-0.4, -0.2) is 5.78 Å². The van der Waals surface area contributed by atoms with E-state index in [0.717, 1.165) is 0 Å². The second kappa shape index (κ2) is 5.39. The van der Waals surface area contributed by atoms with Crippen LogP contribution < -0.4 is 0 Å². The van der Waals surface area contributed by atoms with Crippen LogP contribution in [0.25, 0.3) is 0 Å². The molecule has 5 heteroatoms. The minimum Gasteiger partial charge on any atom is -0.288 e. The monoisotopic (exact) mass is 344 g/mol. The Labute approximate surface area is 122 Å².